The zero-order chi connectivity index (χ0) is 45.9. The lowest BCUT2D eigenvalue weighted by Gasteiger charge is -2.45. The maximum atomic E-state index is 13.2. The Bertz CT molecular complexity index is 2350. The predicted molar refractivity (Wildman–Crippen MR) is 250 cm³/mol. The number of H-pyrrole nitrogens is 1. The van der Waals surface area contributed by atoms with Gasteiger partial charge in [0, 0.05) is 23.9 Å². The van der Waals surface area contributed by atoms with Crippen LogP contribution >= 0.6 is 8.53 Å². The first-order valence-electron chi connectivity index (χ1n) is 21.5. The molecule has 6 rings (SSSR count). The van der Waals surface area contributed by atoms with Gasteiger partial charge in [0.15, 0.2) is 19.5 Å². The standard InChI is InChI=1S/C47H64N7O7PSi/c1-31(2)54(46(6,7)26-15-27-48)62(56)60-40-32(28-38(41(40)61-63(10,11)45(3,4)5)53-30-50-39-42(53)51-44(49)52-43(39)55)29-59-47(33-16-13-12-14-17-33,34-18-22-36(57-8)23-19-34)35-20-24-37(58-9)25-21-35/h12-14,16-25,30-32,38,40-41,56H,15,26,28-29H2,1-11H3,(H3,49,51,52,55)/t32-,38-,40-,41+,62?/m1/s1. The number of aromatic nitrogens is 4. The van der Waals surface area contributed by atoms with Crippen molar-refractivity contribution in [2.75, 3.05) is 26.6 Å². The van der Waals surface area contributed by atoms with Crippen LogP contribution < -0.4 is 20.8 Å². The van der Waals surface area contributed by atoms with Gasteiger partial charge in [-0.3, -0.25) is 9.78 Å². The highest BCUT2D eigenvalue weighted by Crippen LogP contribution is 2.54. The maximum absolute atomic E-state index is 13.2. The number of nitrogens with two attached hydrogens (primary N) is 1. The summed E-state index contributed by atoms with van der Waals surface area (Å²) in [6, 6.07) is 27.6. The third kappa shape index (κ3) is 9.88. The maximum Gasteiger partial charge on any atom is 0.280 e. The lowest BCUT2D eigenvalue weighted by atomic mass is 9.79. The Morgan fingerprint density at radius 2 is 1.52 bits per heavy atom. The molecular formula is C47H64N7O7PSi. The fourth-order valence-electron chi connectivity index (χ4n) is 8.57. The van der Waals surface area contributed by atoms with Crippen LogP contribution in [0.5, 0.6) is 11.5 Å². The molecule has 1 saturated carbocycles. The summed E-state index contributed by atoms with van der Waals surface area (Å²) in [5, 5.41) is 9.37. The van der Waals surface area contributed by atoms with Crippen molar-refractivity contribution in [1.29, 1.82) is 5.26 Å². The third-order valence-electron chi connectivity index (χ3n) is 12.8. The van der Waals surface area contributed by atoms with Crippen LogP contribution in [0, 0.1) is 17.2 Å². The molecular weight excluding hydrogens is 834 g/mol. The molecule has 1 fully saturated rings. The van der Waals surface area contributed by atoms with E-state index in [-0.39, 0.29) is 29.2 Å². The summed E-state index contributed by atoms with van der Waals surface area (Å²) in [6.45, 7) is 19.2. The van der Waals surface area contributed by atoms with Gasteiger partial charge in [0.2, 0.25) is 5.95 Å². The van der Waals surface area contributed by atoms with E-state index in [4.69, 9.17) is 28.9 Å². The molecule has 0 spiro atoms. The number of methoxy groups -OCH3 is 2. The monoisotopic (exact) mass is 897 g/mol. The van der Waals surface area contributed by atoms with Crippen molar-refractivity contribution in [3.8, 4) is 17.6 Å². The molecule has 0 radical (unpaired) electrons. The van der Waals surface area contributed by atoms with E-state index < -0.39 is 57.7 Å². The SMILES string of the molecule is COc1ccc(C(OC[C@H]2C[C@@H](n3cnc4c(=O)[nH]c(N)nc43)[C@H](O[Si](C)(C)C(C)(C)C)[C@@H]2OP(O)N(C(C)C)C(C)(C)CCC#N)(c2ccccc2)c2ccc(OC)cc2)cc1. The summed E-state index contributed by atoms with van der Waals surface area (Å²) in [5.41, 5.74) is 7.10. The average Bonchev–Trinajstić information content (AvgIpc) is 3.80. The largest absolute Gasteiger partial charge is 0.497 e. The lowest BCUT2D eigenvalue weighted by molar-refractivity contribution is -0.0428. The van der Waals surface area contributed by atoms with Crippen molar-refractivity contribution in [2.24, 2.45) is 5.92 Å². The van der Waals surface area contributed by atoms with Gasteiger partial charge in [-0.25, -0.2) is 9.65 Å². The zero-order valence-corrected chi connectivity index (χ0v) is 40.3. The minimum Gasteiger partial charge on any atom is -0.497 e. The van der Waals surface area contributed by atoms with Crippen LogP contribution in [0.3, 0.4) is 0 Å². The Morgan fingerprint density at radius 1 is 0.952 bits per heavy atom. The van der Waals surface area contributed by atoms with Gasteiger partial charge < -0.3 is 38.4 Å². The second-order valence-electron chi connectivity index (χ2n) is 18.7. The Balaban J connectivity index is 1.55. The highest BCUT2D eigenvalue weighted by molar-refractivity contribution is 7.43. The smallest absolute Gasteiger partial charge is 0.280 e. The number of imidazole rings is 1. The number of anilines is 1. The van der Waals surface area contributed by atoms with E-state index in [1.807, 2.05) is 104 Å². The average molecular weight is 898 g/mol. The number of nitriles is 1. The number of benzene rings is 3. The van der Waals surface area contributed by atoms with E-state index in [1.165, 1.54) is 0 Å². The topological polar surface area (TPSA) is 183 Å². The summed E-state index contributed by atoms with van der Waals surface area (Å²) < 4.78 is 37.2. The summed E-state index contributed by atoms with van der Waals surface area (Å²) in [4.78, 5) is 37.3. The molecule has 1 aliphatic rings. The van der Waals surface area contributed by atoms with E-state index in [9.17, 15) is 14.9 Å². The van der Waals surface area contributed by atoms with Gasteiger partial charge in [-0.2, -0.15) is 10.2 Å². The van der Waals surface area contributed by atoms with Crippen LogP contribution in [0.1, 0.15) is 90.5 Å². The van der Waals surface area contributed by atoms with Gasteiger partial charge in [-0.05, 0) is 99.6 Å². The second-order valence-corrected chi connectivity index (χ2v) is 24.6. The lowest BCUT2D eigenvalue weighted by Crippen LogP contribution is -2.50. The Kier molecular flexibility index (Phi) is 14.6. The summed E-state index contributed by atoms with van der Waals surface area (Å²) in [7, 11) is -1.57. The number of rotatable bonds is 18. The molecule has 0 saturated heterocycles. The van der Waals surface area contributed by atoms with Crippen LogP contribution in [0.2, 0.25) is 18.1 Å². The number of nitrogens with one attached hydrogen (secondary N) is 1. The minimum atomic E-state index is -2.59. The molecule has 5 atom stereocenters. The Hall–Kier alpha value is -4.65. The van der Waals surface area contributed by atoms with Gasteiger partial charge in [0.1, 0.15) is 17.1 Å². The molecule has 63 heavy (non-hydrogen) atoms. The molecule has 338 valence electrons. The highest BCUT2D eigenvalue weighted by Gasteiger charge is 2.53. The number of aromatic amines is 1. The van der Waals surface area contributed by atoms with E-state index in [1.54, 1.807) is 20.5 Å². The van der Waals surface area contributed by atoms with Crippen molar-refractivity contribution < 1.29 is 28.1 Å². The van der Waals surface area contributed by atoms with E-state index in [2.05, 4.69) is 67.0 Å². The first kappa shape index (κ1) is 47.8. The van der Waals surface area contributed by atoms with Crippen LogP contribution in [0.15, 0.2) is 90.0 Å². The van der Waals surface area contributed by atoms with E-state index >= 15 is 0 Å². The minimum absolute atomic E-state index is 0.0283. The van der Waals surface area contributed by atoms with Gasteiger partial charge in [0.05, 0.1) is 51.5 Å². The molecule has 1 aliphatic carbocycles. The van der Waals surface area contributed by atoms with Crippen molar-refractivity contribution in [2.45, 2.75) is 121 Å². The summed E-state index contributed by atoms with van der Waals surface area (Å²) in [6.07, 6.45) is 1.53. The molecule has 4 N–H and O–H groups in total. The molecule has 14 nitrogen and oxygen atoms in total. The van der Waals surface area contributed by atoms with Crippen molar-refractivity contribution in [3.05, 3.63) is 112 Å². The van der Waals surface area contributed by atoms with Gasteiger partial charge >= 0.3 is 0 Å². The fourth-order valence-corrected chi connectivity index (χ4v) is 11.5. The first-order chi connectivity index (χ1) is 29.8. The molecule has 2 aromatic heterocycles. The molecule has 2 heterocycles. The molecule has 16 heteroatoms. The van der Waals surface area contributed by atoms with E-state index in [0.717, 1.165) is 16.7 Å². The molecule has 0 aliphatic heterocycles. The predicted octanol–water partition coefficient (Wildman–Crippen LogP) is 9.08. The van der Waals surface area contributed by atoms with Crippen LogP contribution in [0.4, 0.5) is 5.95 Å². The third-order valence-corrected chi connectivity index (χ3v) is 19.1. The number of hydrogen-bond acceptors (Lipinski definition) is 12. The van der Waals surface area contributed by atoms with Gasteiger partial charge in [-0.1, -0.05) is 75.4 Å². The number of fused-ring (bicyclic) bond motifs is 1. The molecule has 5 aromatic rings. The molecule has 0 bridgehead atoms. The normalized spacial score (nSPS) is 19.1. The Morgan fingerprint density at radius 3 is 2.05 bits per heavy atom. The van der Waals surface area contributed by atoms with Crippen LogP contribution in [0.25, 0.3) is 11.2 Å². The fraction of sp³-hybridized carbons (Fsp3) is 0.489. The van der Waals surface area contributed by atoms with E-state index in [0.29, 0.717) is 36.4 Å². The van der Waals surface area contributed by atoms with Crippen LogP contribution in [-0.4, -0.2) is 82.0 Å². The summed E-state index contributed by atoms with van der Waals surface area (Å²) in [5.74, 6) is 0.990. The molecule has 0 amide bonds. The summed E-state index contributed by atoms with van der Waals surface area (Å²) >= 11 is 0. The van der Waals surface area contributed by atoms with Crippen molar-refractivity contribution in [3.63, 3.8) is 0 Å². The van der Waals surface area contributed by atoms with Crippen molar-refractivity contribution in [1.82, 2.24) is 24.2 Å². The van der Waals surface area contributed by atoms with Gasteiger partial charge in [-0.15, -0.1) is 0 Å². The Labute approximate surface area is 373 Å². The highest BCUT2D eigenvalue weighted by atomic mass is 31.2. The number of hydrogen-bond donors (Lipinski definition) is 3. The first-order valence-corrected chi connectivity index (χ1v) is 25.6. The zero-order valence-electron chi connectivity index (χ0n) is 38.5. The number of nitrogens with zero attached hydrogens (tertiary/aromatic N) is 5. The van der Waals surface area contributed by atoms with Crippen molar-refractivity contribution >= 4 is 34.0 Å². The number of ether oxygens (including phenoxy) is 3. The quantitative estimate of drug-likeness (QED) is 0.0432. The molecule has 1 unspecified atom stereocenters. The number of nitrogen functional groups attached to an aromatic ring is 1. The van der Waals surface area contributed by atoms with Gasteiger partial charge in [0.25, 0.3) is 14.1 Å². The van der Waals surface area contributed by atoms with Crippen LogP contribution in [-0.2, 0) is 19.3 Å². The second kappa shape index (κ2) is 19.2. The molecule has 3 aromatic carbocycles.